The molecule has 1 aliphatic rings. The molecule has 110 valence electrons. The van der Waals surface area contributed by atoms with Gasteiger partial charge in [0, 0.05) is 12.7 Å². The van der Waals surface area contributed by atoms with Gasteiger partial charge in [0.15, 0.2) is 0 Å². The molecular weight excluding hydrogens is 277 g/mol. The minimum absolute atomic E-state index is 0.143. The van der Waals surface area contributed by atoms with Crippen molar-refractivity contribution in [3.05, 3.63) is 24.0 Å². The van der Waals surface area contributed by atoms with Crippen LogP contribution in [0.1, 0.15) is 23.3 Å². The van der Waals surface area contributed by atoms with Crippen LogP contribution < -0.4 is 0 Å². The van der Waals surface area contributed by atoms with Crippen LogP contribution >= 0.6 is 0 Å². The monoisotopic (exact) mass is 290 g/mol. The first-order chi connectivity index (χ1) is 9.29. The second-order valence-electron chi connectivity index (χ2n) is 4.63. The number of hydrogen-bond donors (Lipinski definition) is 1. The van der Waals surface area contributed by atoms with Gasteiger partial charge in [-0.05, 0) is 25.0 Å². The van der Waals surface area contributed by atoms with Gasteiger partial charge in [-0.3, -0.25) is 4.79 Å². The van der Waals surface area contributed by atoms with Gasteiger partial charge in [-0.25, -0.2) is 4.79 Å². The molecule has 1 amide bonds. The van der Waals surface area contributed by atoms with Crippen molar-refractivity contribution in [1.82, 2.24) is 9.47 Å². The van der Waals surface area contributed by atoms with Gasteiger partial charge in [0.2, 0.25) is 0 Å². The molecule has 2 rings (SSSR count). The lowest BCUT2D eigenvalue weighted by Crippen LogP contribution is -2.41. The van der Waals surface area contributed by atoms with E-state index in [2.05, 4.69) is 0 Å². The Kier molecular flexibility index (Phi) is 3.74. The van der Waals surface area contributed by atoms with Crippen LogP contribution in [0.2, 0.25) is 0 Å². The summed E-state index contributed by atoms with van der Waals surface area (Å²) in [7, 11) is 0. The summed E-state index contributed by atoms with van der Waals surface area (Å²) >= 11 is 0. The molecule has 1 fully saturated rings. The molecule has 1 aromatic rings. The van der Waals surface area contributed by atoms with E-state index in [4.69, 9.17) is 5.11 Å². The molecule has 0 saturated carbocycles. The molecule has 2 heterocycles. The Morgan fingerprint density at radius 1 is 1.40 bits per heavy atom. The first kappa shape index (κ1) is 14.4. The molecule has 1 atom stereocenters. The van der Waals surface area contributed by atoms with E-state index in [1.165, 1.54) is 12.1 Å². The van der Waals surface area contributed by atoms with Crippen LogP contribution in [0.15, 0.2) is 18.3 Å². The fourth-order valence-electron chi connectivity index (χ4n) is 2.35. The number of rotatable bonds is 3. The van der Waals surface area contributed by atoms with Crippen LogP contribution in [-0.2, 0) is 11.3 Å². The minimum atomic E-state index is -4.44. The maximum absolute atomic E-state index is 12.4. The van der Waals surface area contributed by atoms with Gasteiger partial charge in [-0.15, -0.1) is 0 Å². The predicted molar refractivity (Wildman–Crippen MR) is 62.2 cm³/mol. The van der Waals surface area contributed by atoms with Crippen molar-refractivity contribution >= 4 is 11.9 Å². The smallest absolute Gasteiger partial charge is 0.406 e. The lowest BCUT2D eigenvalue weighted by atomic mass is 10.2. The van der Waals surface area contributed by atoms with Crippen LogP contribution in [-0.4, -0.2) is 45.2 Å². The molecule has 1 saturated heterocycles. The molecule has 1 N–H and O–H groups in total. The van der Waals surface area contributed by atoms with Gasteiger partial charge in [-0.1, -0.05) is 0 Å². The molecule has 0 bridgehead atoms. The van der Waals surface area contributed by atoms with Crippen molar-refractivity contribution in [3.8, 4) is 0 Å². The number of aromatic nitrogens is 1. The van der Waals surface area contributed by atoms with Crippen LogP contribution in [0, 0.1) is 0 Å². The van der Waals surface area contributed by atoms with Crippen molar-refractivity contribution < 1.29 is 27.9 Å². The second-order valence-corrected chi connectivity index (χ2v) is 4.63. The van der Waals surface area contributed by atoms with Gasteiger partial charge >= 0.3 is 12.1 Å². The van der Waals surface area contributed by atoms with Crippen molar-refractivity contribution in [2.24, 2.45) is 0 Å². The molecule has 1 aromatic heterocycles. The zero-order valence-corrected chi connectivity index (χ0v) is 10.4. The topological polar surface area (TPSA) is 62.5 Å². The van der Waals surface area contributed by atoms with Crippen LogP contribution in [0.4, 0.5) is 13.2 Å². The number of hydrogen-bond acceptors (Lipinski definition) is 2. The molecule has 0 aromatic carbocycles. The number of halogens is 3. The second kappa shape index (κ2) is 5.18. The number of carboxylic acids is 1. The Bertz CT molecular complexity index is 524. The molecule has 0 aliphatic carbocycles. The maximum Gasteiger partial charge on any atom is 0.406 e. The van der Waals surface area contributed by atoms with Crippen molar-refractivity contribution in [3.63, 3.8) is 0 Å². The summed E-state index contributed by atoms with van der Waals surface area (Å²) in [4.78, 5) is 24.3. The molecule has 8 heteroatoms. The summed E-state index contributed by atoms with van der Waals surface area (Å²) in [5.41, 5.74) is -0.143. The first-order valence-corrected chi connectivity index (χ1v) is 6.05. The Morgan fingerprint density at radius 3 is 2.70 bits per heavy atom. The number of nitrogens with zero attached hydrogens (tertiary/aromatic N) is 2. The third kappa shape index (κ3) is 2.94. The predicted octanol–water partition coefficient (Wildman–Crippen LogP) is 1.74. The largest absolute Gasteiger partial charge is 0.480 e. The minimum Gasteiger partial charge on any atom is -0.480 e. The summed E-state index contributed by atoms with van der Waals surface area (Å²) in [6.45, 7) is -1.03. The van der Waals surface area contributed by atoms with Crippen molar-refractivity contribution in [2.75, 3.05) is 6.54 Å². The normalized spacial score (nSPS) is 19.4. The average Bonchev–Trinajstić information content (AvgIpc) is 2.93. The molecule has 1 aliphatic heterocycles. The van der Waals surface area contributed by atoms with Crippen LogP contribution in [0.5, 0.6) is 0 Å². The molecule has 5 nitrogen and oxygen atoms in total. The van der Waals surface area contributed by atoms with Gasteiger partial charge in [-0.2, -0.15) is 13.2 Å². The Labute approximate surface area is 112 Å². The lowest BCUT2D eigenvalue weighted by molar-refractivity contribution is -0.142. The van der Waals surface area contributed by atoms with E-state index in [-0.39, 0.29) is 12.2 Å². The van der Waals surface area contributed by atoms with E-state index >= 15 is 0 Å². The van der Waals surface area contributed by atoms with E-state index < -0.39 is 30.6 Å². The highest BCUT2D eigenvalue weighted by Gasteiger charge is 2.36. The fraction of sp³-hybridized carbons (Fsp3) is 0.500. The van der Waals surface area contributed by atoms with E-state index in [0.29, 0.717) is 12.8 Å². The molecule has 0 spiro atoms. The Morgan fingerprint density at radius 2 is 2.10 bits per heavy atom. The Hall–Kier alpha value is -1.99. The Balaban J connectivity index is 2.22. The molecule has 0 radical (unpaired) electrons. The van der Waals surface area contributed by atoms with Crippen molar-refractivity contribution in [1.29, 1.82) is 0 Å². The molecular formula is C12H13F3N2O3. The summed E-state index contributed by atoms with van der Waals surface area (Å²) in [6.07, 6.45) is -2.43. The highest BCUT2D eigenvalue weighted by molar-refractivity contribution is 5.95. The average molecular weight is 290 g/mol. The standard InChI is InChI=1S/C12H13F3N2O3/c13-12(14,15)7-16-5-1-3-8(16)10(18)17-6-2-4-9(17)11(19)20/h1,3,5,9H,2,4,6-7H2,(H,19,20). The third-order valence-electron chi connectivity index (χ3n) is 3.20. The SMILES string of the molecule is O=C(O)C1CCCN1C(=O)c1cccn1CC(F)(F)F. The van der Waals surface area contributed by atoms with E-state index in [1.807, 2.05) is 0 Å². The first-order valence-electron chi connectivity index (χ1n) is 6.05. The number of aliphatic carboxylic acids is 1. The summed E-state index contributed by atoms with van der Waals surface area (Å²) in [5.74, 6) is -1.81. The number of carbonyl (C=O) groups is 2. The maximum atomic E-state index is 12.4. The highest BCUT2D eigenvalue weighted by Crippen LogP contribution is 2.23. The fourth-order valence-corrected chi connectivity index (χ4v) is 2.35. The zero-order valence-electron chi connectivity index (χ0n) is 10.4. The quantitative estimate of drug-likeness (QED) is 0.922. The van der Waals surface area contributed by atoms with Gasteiger partial charge in [0.1, 0.15) is 18.3 Å². The van der Waals surface area contributed by atoms with Crippen LogP contribution in [0.3, 0.4) is 0 Å². The zero-order chi connectivity index (χ0) is 14.9. The summed E-state index contributed by atoms with van der Waals surface area (Å²) in [6, 6.07) is 1.65. The number of amides is 1. The summed E-state index contributed by atoms with van der Waals surface area (Å²) < 4.78 is 38.0. The highest BCUT2D eigenvalue weighted by atomic mass is 19.4. The molecule has 1 unspecified atom stereocenters. The van der Waals surface area contributed by atoms with Gasteiger partial charge < -0.3 is 14.6 Å². The van der Waals surface area contributed by atoms with E-state index in [9.17, 15) is 22.8 Å². The third-order valence-corrected chi connectivity index (χ3v) is 3.20. The van der Waals surface area contributed by atoms with E-state index in [1.54, 1.807) is 0 Å². The lowest BCUT2D eigenvalue weighted by Gasteiger charge is -2.22. The van der Waals surface area contributed by atoms with Crippen LogP contribution in [0.25, 0.3) is 0 Å². The van der Waals surface area contributed by atoms with Gasteiger partial charge in [0.05, 0.1) is 0 Å². The number of carboxylic acid groups (broad SMARTS) is 1. The summed E-state index contributed by atoms with van der Waals surface area (Å²) in [5, 5.41) is 9.01. The van der Waals surface area contributed by atoms with E-state index in [0.717, 1.165) is 15.7 Å². The van der Waals surface area contributed by atoms with Gasteiger partial charge in [0.25, 0.3) is 5.91 Å². The van der Waals surface area contributed by atoms with Crippen molar-refractivity contribution in [2.45, 2.75) is 31.6 Å². The number of likely N-dealkylation sites (tertiary alicyclic amines) is 1. The number of carbonyl (C=O) groups excluding carboxylic acids is 1. The number of alkyl halides is 3. The molecule has 20 heavy (non-hydrogen) atoms.